The molecule has 1 N–H and O–H groups in total. The third-order valence-electron chi connectivity index (χ3n) is 3.62. The van der Waals surface area contributed by atoms with Crippen LogP contribution in [-0.4, -0.2) is 15.9 Å². The Morgan fingerprint density at radius 3 is 2.60 bits per heavy atom. The number of hydrogen-bond donors (Lipinski definition) is 1. The summed E-state index contributed by atoms with van der Waals surface area (Å²) in [5.41, 5.74) is 2.00. The number of aromatic nitrogens is 2. The van der Waals surface area contributed by atoms with Crippen LogP contribution in [0.2, 0.25) is 0 Å². The van der Waals surface area contributed by atoms with Crippen LogP contribution < -0.4 is 5.32 Å². The molecule has 3 rings (SSSR count). The Bertz CT molecular complexity index is 911. The molecule has 4 nitrogen and oxygen atoms in total. The van der Waals surface area contributed by atoms with Crippen molar-refractivity contribution >= 4 is 11.7 Å². The zero-order valence-corrected chi connectivity index (χ0v) is 13.5. The quantitative estimate of drug-likeness (QED) is 0.784. The second-order valence-electron chi connectivity index (χ2n) is 5.58. The average molecular weight is 339 g/mol. The molecule has 6 heteroatoms. The third kappa shape index (κ3) is 4.23. The molecule has 0 unspecified atom stereocenters. The van der Waals surface area contributed by atoms with Gasteiger partial charge in [-0.3, -0.25) is 4.79 Å². The standard InChI is InChI=1S/C19H15F2N3O/c1-12-16(21)6-7-17(23-12)19(25)24-18-8-5-14(11-22-18)9-13-3-2-4-15(20)10-13/h2-8,10-11H,9H2,1H3,(H,22,24,25). The van der Waals surface area contributed by atoms with Gasteiger partial charge in [-0.15, -0.1) is 0 Å². The van der Waals surface area contributed by atoms with Crippen LogP contribution in [0, 0.1) is 18.6 Å². The Labute approximate surface area is 143 Å². The molecule has 0 atom stereocenters. The van der Waals surface area contributed by atoms with Gasteiger partial charge in [0.1, 0.15) is 23.1 Å². The lowest BCUT2D eigenvalue weighted by Gasteiger charge is -2.06. The number of aryl methyl sites for hydroxylation is 1. The maximum absolute atomic E-state index is 13.2. The van der Waals surface area contributed by atoms with Gasteiger partial charge in [0.05, 0.1) is 5.69 Å². The fourth-order valence-electron chi connectivity index (χ4n) is 2.34. The number of anilines is 1. The van der Waals surface area contributed by atoms with E-state index in [0.29, 0.717) is 12.2 Å². The number of pyridine rings is 2. The van der Waals surface area contributed by atoms with Crippen LogP contribution >= 0.6 is 0 Å². The van der Waals surface area contributed by atoms with Crippen LogP contribution in [0.3, 0.4) is 0 Å². The molecule has 0 spiro atoms. The number of nitrogens with one attached hydrogen (secondary N) is 1. The molecule has 1 aromatic carbocycles. The van der Waals surface area contributed by atoms with Crippen molar-refractivity contribution < 1.29 is 13.6 Å². The zero-order chi connectivity index (χ0) is 17.8. The molecule has 0 saturated carbocycles. The van der Waals surface area contributed by atoms with Gasteiger partial charge in [-0.2, -0.15) is 0 Å². The first-order chi connectivity index (χ1) is 12.0. The monoisotopic (exact) mass is 339 g/mol. The molecule has 25 heavy (non-hydrogen) atoms. The topological polar surface area (TPSA) is 54.9 Å². The van der Waals surface area contributed by atoms with Gasteiger partial charge < -0.3 is 5.32 Å². The average Bonchev–Trinajstić information content (AvgIpc) is 2.59. The van der Waals surface area contributed by atoms with Crippen molar-refractivity contribution in [2.24, 2.45) is 0 Å². The van der Waals surface area contributed by atoms with Gasteiger partial charge in [-0.1, -0.05) is 18.2 Å². The molecule has 2 heterocycles. The maximum Gasteiger partial charge on any atom is 0.275 e. The van der Waals surface area contributed by atoms with Crippen LogP contribution in [0.5, 0.6) is 0 Å². The summed E-state index contributed by atoms with van der Waals surface area (Å²) < 4.78 is 26.4. The Kier molecular flexibility index (Phi) is 4.79. The van der Waals surface area contributed by atoms with Crippen LogP contribution in [0.25, 0.3) is 0 Å². The lowest BCUT2D eigenvalue weighted by molar-refractivity contribution is 0.102. The second-order valence-corrected chi connectivity index (χ2v) is 5.58. The van der Waals surface area contributed by atoms with Crippen molar-refractivity contribution in [2.45, 2.75) is 13.3 Å². The Morgan fingerprint density at radius 2 is 1.92 bits per heavy atom. The first kappa shape index (κ1) is 16.7. The van der Waals surface area contributed by atoms with Gasteiger partial charge in [-0.05, 0) is 54.8 Å². The normalized spacial score (nSPS) is 10.5. The summed E-state index contributed by atoms with van der Waals surface area (Å²) in [6.45, 7) is 1.49. The van der Waals surface area contributed by atoms with E-state index in [1.807, 2.05) is 6.07 Å². The van der Waals surface area contributed by atoms with E-state index in [4.69, 9.17) is 0 Å². The van der Waals surface area contributed by atoms with Crippen LogP contribution in [-0.2, 0) is 6.42 Å². The Hall–Kier alpha value is -3.15. The summed E-state index contributed by atoms with van der Waals surface area (Å²) >= 11 is 0. The summed E-state index contributed by atoms with van der Waals surface area (Å²) in [6, 6.07) is 12.3. The van der Waals surface area contributed by atoms with Crippen molar-refractivity contribution in [2.75, 3.05) is 5.32 Å². The minimum Gasteiger partial charge on any atom is -0.305 e. The molecule has 0 bridgehead atoms. The van der Waals surface area contributed by atoms with Gasteiger partial charge in [-0.25, -0.2) is 18.7 Å². The fourth-order valence-corrected chi connectivity index (χ4v) is 2.34. The molecule has 0 aliphatic heterocycles. The Morgan fingerprint density at radius 1 is 1.08 bits per heavy atom. The molecule has 0 aliphatic carbocycles. The molecule has 1 amide bonds. The highest BCUT2D eigenvalue weighted by Crippen LogP contribution is 2.13. The molecule has 2 aromatic heterocycles. The summed E-state index contributed by atoms with van der Waals surface area (Å²) in [5, 5.41) is 2.61. The van der Waals surface area contributed by atoms with Crippen LogP contribution in [0.4, 0.5) is 14.6 Å². The van der Waals surface area contributed by atoms with E-state index in [2.05, 4.69) is 15.3 Å². The molecule has 0 radical (unpaired) electrons. The fraction of sp³-hybridized carbons (Fsp3) is 0.105. The number of benzene rings is 1. The van der Waals surface area contributed by atoms with Crippen molar-refractivity contribution in [3.63, 3.8) is 0 Å². The third-order valence-corrected chi connectivity index (χ3v) is 3.62. The Balaban J connectivity index is 1.67. The predicted octanol–water partition coefficient (Wildman–Crippen LogP) is 3.91. The first-order valence-electron chi connectivity index (χ1n) is 7.65. The lowest BCUT2D eigenvalue weighted by atomic mass is 10.1. The minimum absolute atomic E-state index is 0.115. The van der Waals surface area contributed by atoms with Gasteiger partial charge in [0.25, 0.3) is 5.91 Å². The lowest BCUT2D eigenvalue weighted by Crippen LogP contribution is -2.15. The zero-order valence-electron chi connectivity index (χ0n) is 13.5. The smallest absolute Gasteiger partial charge is 0.275 e. The second kappa shape index (κ2) is 7.17. The van der Waals surface area contributed by atoms with Gasteiger partial charge >= 0.3 is 0 Å². The van der Waals surface area contributed by atoms with Crippen LogP contribution in [0.15, 0.2) is 54.7 Å². The van der Waals surface area contributed by atoms with Crippen LogP contribution in [0.1, 0.15) is 27.3 Å². The summed E-state index contributed by atoms with van der Waals surface area (Å²) in [6.07, 6.45) is 2.15. The molecule has 0 aliphatic rings. The summed E-state index contributed by atoms with van der Waals surface area (Å²) in [7, 11) is 0. The molecule has 0 saturated heterocycles. The first-order valence-corrected chi connectivity index (χ1v) is 7.65. The van der Waals surface area contributed by atoms with E-state index in [9.17, 15) is 13.6 Å². The SMILES string of the molecule is Cc1nc(C(=O)Nc2ccc(Cc3cccc(F)c3)cn2)ccc1F. The number of hydrogen-bond acceptors (Lipinski definition) is 3. The van der Waals surface area contributed by atoms with Crippen molar-refractivity contribution in [3.05, 3.63) is 88.9 Å². The minimum atomic E-state index is -0.464. The molecular formula is C19H15F2N3O. The van der Waals surface area contributed by atoms with Crippen molar-refractivity contribution in [1.29, 1.82) is 0 Å². The maximum atomic E-state index is 13.2. The van der Waals surface area contributed by atoms with Crippen molar-refractivity contribution in [1.82, 2.24) is 9.97 Å². The number of rotatable bonds is 4. The largest absolute Gasteiger partial charge is 0.305 e. The van der Waals surface area contributed by atoms with E-state index in [0.717, 1.165) is 11.1 Å². The van der Waals surface area contributed by atoms with E-state index < -0.39 is 11.7 Å². The number of nitrogens with zero attached hydrogens (tertiary/aromatic N) is 2. The van der Waals surface area contributed by atoms with Crippen molar-refractivity contribution in [3.8, 4) is 0 Å². The molecule has 0 fully saturated rings. The molecule has 3 aromatic rings. The highest BCUT2D eigenvalue weighted by Gasteiger charge is 2.10. The van der Waals surface area contributed by atoms with Gasteiger partial charge in [0.15, 0.2) is 0 Å². The van der Waals surface area contributed by atoms with E-state index >= 15 is 0 Å². The van der Waals surface area contributed by atoms with E-state index in [-0.39, 0.29) is 17.2 Å². The van der Waals surface area contributed by atoms with E-state index in [1.54, 1.807) is 24.4 Å². The molecule has 126 valence electrons. The van der Waals surface area contributed by atoms with Gasteiger partial charge in [0.2, 0.25) is 0 Å². The number of carbonyl (C=O) groups is 1. The highest BCUT2D eigenvalue weighted by atomic mass is 19.1. The molecular weight excluding hydrogens is 324 g/mol. The number of carbonyl (C=O) groups excluding carboxylic acids is 1. The van der Waals surface area contributed by atoms with E-state index in [1.165, 1.54) is 31.2 Å². The predicted molar refractivity (Wildman–Crippen MR) is 90.3 cm³/mol. The van der Waals surface area contributed by atoms with Gasteiger partial charge in [0, 0.05) is 6.20 Å². The summed E-state index contributed by atoms with van der Waals surface area (Å²) in [5.74, 6) is -0.849. The highest BCUT2D eigenvalue weighted by molar-refractivity contribution is 6.02. The number of amides is 1. The summed E-state index contributed by atoms with van der Waals surface area (Å²) in [4.78, 5) is 20.2. The number of halogens is 2.